The minimum Gasteiger partial charge on any atom is -0.456 e. The number of rotatable bonds is 5. The van der Waals surface area contributed by atoms with Crippen LogP contribution in [0.4, 0.5) is 34.1 Å². The van der Waals surface area contributed by atoms with Gasteiger partial charge in [-0.2, -0.15) is 0 Å². The number of furan rings is 1. The molecule has 3 heterocycles. The number of nitrogens with zero attached hydrogens (tertiary/aromatic N) is 2. The number of hydrogen-bond donors (Lipinski definition) is 0. The molecule has 0 aliphatic carbocycles. The Hall–Kier alpha value is -8.40. The van der Waals surface area contributed by atoms with E-state index in [4.69, 9.17) is 4.42 Å². The Morgan fingerprint density at radius 2 is 0.656 bits per heavy atom. The van der Waals surface area contributed by atoms with Crippen molar-refractivity contribution in [2.24, 2.45) is 0 Å². The molecular formula is C61H40N2O. The topological polar surface area (TPSA) is 19.6 Å². The van der Waals surface area contributed by atoms with Gasteiger partial charge in [0.05, 0.1) is 28.2 Å². The zero-order valence-electron chi connectivity index (χ0n) is 34.9. The number of benzene rings is 10. The van der Waals surface area contributed by atoms with E-state index in [1.54, 1.807) is 0 Å². The summed E-state index contributed by atoms with van der Waals surface area (Å²) >= 11 is 0. The fraction of sp³-hybridized carbons (Fsp3) is 0.0164. The largest absolute Gasteiger partial charge is 0.456 e. The Bertz CT molecular complexity index is 3510. The number of hydrogen-bond acceptors (Lipinski definition) is 3. The van der Waals surface area contributed by atoms with E-state index in [1.807, 2.05) is 12.1 Å². The zero-order chi connectivity index (χ0) is 42.2. The summed E-state index contributed by atoms with van der Waals surface area (Å²) in [5, 5.41) is 2.27. The van der Waals surface area contributed by atoms with Crippen molar-refractivity contribution in [3.63, 3.8) is 0 Å². The van der Waals surface area contributed by atoms with Crippen molar-refractivity contribution in [1.82, 2.24) is 0 Å². The molecule has 13 rings (SSSR count). The third kappa shape index (κ3) is 5.41. The molecule has 0 atom stereocenters. The third-order valence-electron chi connectivity index (χ3n) is 13.5. The molecule has 1 spiro atoms. The van der Waals surface area contributed by atoms with Crippen molar-refractivity contribution in [1.29, 1.82) is 0 Å². The molecule has 2 aliphatic rings. The number of fused-ring (bicyclic) bond motifs is 11. The summed E-state index contributed by atoms with van der Waals surface area (Å²) in [6.45, 7) is 0. The third-order valence-corrected chi connectivity index (χ3v) is 13.5. The van der Waals surface area contributed by atoms with E-state index in [1.165, 1.54) is 50.2 Å². The molecule has 11 aromatic rings. The van der Waals surface area contributed by atoms with Crippen LogP contribution in [0.1, 0.15) is 22.3 Å². The molecule has 0 N–H and O–H groups in total. The Labute approximate surface area is 372 Å². The first kappa shape index (κ1) is 36.3. The monoisotopic (exact) mass is 816 g/mol. The second kappa shape index (κ2) is 14.3. The first-order chi connectivity index (χ1) is 31.7. The van der Waals surface area contributed by atoms with E-state index in [9.17, 15) is 0 Å². The van der Waals surface area contributed by atoms with Crippen molar-refractivity contribution >= 4 is 56.1 Å². The summed E-state index contributed by atoms with van der Waals surface area (Å²) in [6, 6.07) is 88.6. The molecule has 2 aliphatic heterocycles. The van der Waals surface area contributed by atoms with Crippen LogP contribution in [0.3, 0.4) is 0 Å². The molecule has 0 amide bonds. The molecule has 1 aromatic heterocycles. The van der Waals surface area contributed by atoms with Gasteiger partial charge in [-0.25, -0.2) is 0 Å². The minimum absolute atomic E-state index is 0.649. The summed E-state index contributed by atoms with van der Waals surface area (Å²) < 4.78 is 6.17. The summed E-state index contributed by atoms with van der Waals surface area (Å²) in [4.78, 5) is 4.93. The second-order valence-electron chi connectivity index (χ2n) is 16.8. The van der Waals surface area contributed by atoms with Crippen molar-refractivity contribution < 1.29 is 4.42 Å². The Kier molecular flexibility index (Phi) is 8.13. The molecule has 0 fully saturated rings. The van der Waals surface area contributed by atoms with E-state index >= 15 is 0 Å². The highest BCUT2D eigenvalue weighted by Crippen LogP contribution is 2.64. The van der Waals surface area contributed by atoms with E-state index in [0.29, 0.717) is 0 Å². The molecule has 0 radical (unpaired) electrons. The predicted octanol–water partition coefficient (Wildman–Crippen LogP) is 16.5. The van der Waals surface area contributed by atoms with E-state index in [2.05, 4.69) is 240 Å². The average Bonchev–Trinajstić information content (AvgIpc) is 3.75. The fourth-order valence-electron chi connectivity index (χ4n) is 10.6. The van der Waals surface area contributed by atoms with Gasteiger partial charge in [0.25, 0.3) is 0 Å². The first-order valence-electron chi connectivity index (χ1n) is 22.0. The van der Waals surface area contributed by atoms with Crippen LogP contribution in [0.5, 0.6) is 0 Å². The molecule has 0 bridgehead atoms. The van der Waals surface area contributed by atoms with E-state index in [-0.39, 0.29) is 0 Å². The van der Waals surface area contributed by atoms with Crippen molar-refractivity contribution in [3.05, 3.63) is 265 Å². The fourth-order valence-corrected chi connectivity index (χ4v) is 10.6. The Balaban J connectivity index is 1.01. The molecule has 0 saturated carbocycles. The first-order valence-corrected chi connectivity index (χ1v) is 22.0. The lowest BCUT2D eigenvalue weighted by Crippen LogP contribution is -2.42. The molecule has 64 heavy (non-hydrogen) atoms. The number of para-hydroxylation sites is 4. The molecule has 10 aromatic carbocycles. The normalized spacial score (nSPS) is 13.4. The van der Waals surface area contributed by atoms with Gasteiger partial charge in [-0.3, -0.25) is 0 Å². The zero-order valence-corrected chi connectivity index (χ0v) is 34.9. The summed E-state index contributed by atoms with van der Waals surface area (Å²) in [5.74, 6) is 0. The lowest BCUT2D eigenvalue weighted by molar-refractivity contribution is 0.669. The van der Waals surface area contributed by atoms with Gasteiger partial charge in [-0.15, -0.1) is 0 Å². The highest BCUT2D eigenvalue weighted by Gasteiger charge is 2.51. The Morgan fingerprint density at radius 1 is 0.266 bits per heavy atom. The predicted molar refractivity (Wildman–Crippen MR) is 265 cm³/mol. The van der Waals surface area contributed by atoms with Crippen LogP contribution in [-0.2, 0) is 5.41 Å². The maximum atomic E-state index is 6.17. The van der Waals surface area contributed by atoms with E-state index < -0.39 is 5.41 Å². The molecule has 0 saturated heterocycles. The molecule has 3 heteroatoms. The van der Waals surface area contributed by atoms with Gasteiger partial charge in [0.1, 0.15) is 11.2 Å². The highest BCUT2D eigenvalue weighted by atomic mass is 16.3. The van der Waals surface area contributed by atoms with Crippen LogP contribution in [-0.4, -0.2) is 0 Å². The highest BCUT2D eigenvalue weighted by molar-refractivity contribution is 6.06. The van der Waals surface area contributed by atoms with Crippen LogP contribution in [0.15, 0.2) is 247 Å². The minimum atomic E-state index is -0.649. The maximum Gasteiger partial charge on any atom is 0.135 e. The van der Waals surface area contributed by atoms with Crippen LogP contribution < -0.4 is 9.80 Å². The smallest absolute Gasteiger partial charge is 0.135 e. The SMILES string of the molecule is c1ccc(-c2ccc(N3c4ccccc4C4(c5ccccc5N(c5ccc(-c6ccc7oc8ccccc8c7c6)cc5)c5ccccc54)c4cc(-c5ccccc5)ccc43)cc2)cc1. The molecule has 0 unspecified atom stereocenters. The maximum absolute atomic E-state index is 6.17. The second-order valence-corrected chi connectivity index (χ2v) is 16.8. The van der Waals surface area contributed by atoms with Crippen molar-refractivity contribution in [2.75, 3.05) is 9.80 Å². The molecule has 3 nitrogen and oxygen atoms in total. The van der Waals surface area contributed by atoms with Crippen LogP contribution in [0.2, 0.25) is 0 Å². The van der Waals surface area contributed by atoms with Crippen molar-refractivity contribution in [2.45, 2.75) is 5.41 Å². The van der Waals surface area contributed by atoms with Crippen LogP contribution >= 0.6 is 0 Å². The molecule has 300 valence electrons. The summed E-state index contributed by atoms with van der Waals surface area (Å²) in [7, 11) is 0. The van der Waals surface area contributed by atoms with Gasteiger partial charge in [-0.1, -0.05) is 170 Å². The van der Waals surface area contributed by atoms with Crippen molar-refractivity contribution in [3.8, 4) is 33.4 Å². The lowest BCUT2D eigenvalue weighted by atomic mass is 9.60. The number of anilines is 6. The van der Waals surface area contributed by atoms with Gasteiger partial charge in [-0.05, 0) is 128 Å². The lowest BCUT2D eigenvalue weighted by Gasteiger charge is -2.51. The van der Waals surface area contributed by atoms with Gasteiger partial charge in [0.15, 0.2) is 0 Å². The van der Waals surface area contributed by atoms with Gasteiger partial charge in [0, 0.05) is 22.1 Å². The quantitative estimate of drug-likeness (QED) is 0.173. The van der Waals surface area contributed by atoms with Gasteiger partial charge < -0.3 is 14.2 Å². The van der Waals surface area contributed by atoms with Gasteiger partial charge in [0.2, 0.25) is 0 Å². The molecular weight excluding hydrogens is 777 g/mol. The van der Waals surface area contributed by atoms with E-state index in [0.717, 1.165) is 61.5 Å². The Morgan fingerprint density at radius 3 is 1.23 bits per heavy atom. The average molecular weight is 817 g/mol. The summed E-state index contributed by atoms with van der Waals surface area (Å²) in [6.07, 6.45) is 0. The van der Waals surface area contributed by atoms with Crippen LogP contribution in [0, 0.1) is 0 Å². The standard InChI is InChI=1S/C61H40N2O/c1-3-15-41(16-4-1)43-27-33-48(34-28-43)63-57-25-13-10-22-53(57)61(54-40-46(31-37-58(54)63)42-17-5-2-6-18-42)51-20-8-11-23-55(51)62(56-24-12-9-21-52(56)61)47-35-29-44(30-36-47)45-32-38-60-50(39-45)49-19-7-14-26-59(49)64-60/h1-40H. The van der Waals surface area contributed by atoms with Gasteiger partial charge >= 0.3 is 0 Å². The summed E-state index contributed by atoms with van der Waals surface area (Å²) in [5.41, 5.74) is 20.1. The van der Waals surface area contributed by atoms with Crippen LogP contribution in [0.25, 0.3) is 55.3 Å².